The Morgan fingerprint density at radius 3 is 0.848 bits per heavy atom. The fraction of sp³-hybridized carbons (Fsp3) is 0.0476. The van der Waals surface area contributed by atoms with Crippen molar-refractivity contribution < 1.29 is 0 Å². The number of rotatable bonds is 10. The van der Waals surface area contributed by atoms with E-state index >= 15 is 0 Å². The van der Waals surface area contributed by atoms with E-state index in [0.717, 1.165) is 62.3 Å². The fourth-order valence-electron chi connectivity index (χ4n) is 9.72. The summed E-state index contributed by atoms with van der Waals surface area (Å²) in [6, 6.07) is 88.3. The number of anilines is 9. The van der Waals surface area contributed by atoms with Crippen LogP contribution >= 0.6 is 0 Å². The van der Waals surface area contributed by atoms with Crippen LogP contribution in [-0.4, -0.2) is 0 Å². The molecule has 66 heavy (non-hydrogen) atoms. The Labute approximate surface area is 387 Å². The predicted octanol–water partition coefficient (Wildman–Crippen LogP) is 18.1. The molecule has 0 radical (unpaired) electrons. The molecule has 0 saturated carbocycles. The van der Waals surface area contributed by atoms with E-state index in [1.54, 1.807) is 0 Å². The maximum Gasteiger partial charge on any atom is 0.0540 e. The molecule has 3 nitrogen and oxygen atoms in total. The number of aryl methyl sites for hydroxylation is 3. The van der Waals surface area contributed by atoms with E-state index in [2.05, 4.69) is 278 Å². The third-order valence-electron chi connectivity index (χ3n) is 13.0. The largest absolute Gasteiger partial charge is 0.310 e. The lowest BCUT2D eigenvalue weighted by molar-refractivity contribution is 1.26. The highest BCUT2D eigenvalue weighted by molar-refractivity contribution is 6.04. The second-order valence-corrected chi connectivity index (χ2v) is 17.1. The van der Waals surface area contributed by atoms with Gasteiger partial charge in [0.05, 0.1) is 17.1 Å². The molecule has 0 bridgehead atoms. The van der Waals surface area contributed by atoms with E-state index in [9.17, 15) is 0 Å². The van der Waals surface area contributed by atoms with Crippen LogP contribution < -0.4 is 14.7 Å². The number of fused-ring (bicyclic) bond motifs is 3. The Bertz CT molecular complexity index is 3360. The summed E-state index contributed by atoms with van der Waals surface area (Å²) in [7, 11) is 0. The number of hydrogen-bond acceptors (Lipinski definition) is 3. The summed E-state index contributed by atoms with van der Waals surface area (Å²) >= 11 is 0. The van der Waals surface area contributed by atoms with Crippen LogP contribution in [0.5, 0.6) is 0 Å². The average molecular weight is 848 g/mol. The first-order chi connectivity index (χ1) is 32.5. The molecule has 0 spiro atoms. The molecular weight excluding hydrogens is 799 g/mol. The van der Waals surface area contributed by atoms with Crippen molar-refractivity contribution in [3.8, 4) is 11.1 Å². The zero-order valence-electron chi connectivity index (χ0n) is 37.4. The second kappa shape index (κ2) is 17.3. The Morgan fingerprint density at radius 1 is 0.212 bits per heavy atom. The summed E-state index contributed by atoms with van der Waals surface area (Å²) in [5, 5.41) is 7.36. The van der Waals surface area contributed by atoms with Crippen LogP contribution in [0.4, 0.5) is 51.2 Å². The smallest absolute Gasteiger partial charge is 0.0540 e. The van der Waals surface area contributed by atoms with E-state index < -0.39 is 0 Å². The number of hydrogen-bond donors (Lipinski definition) is 0. The van der Waals surface area contributed by atoms with Crippen molar-refractivity contribution in [2.45, 2.75) is 20.8 Å². The third kappa shape index (κ3) is 7.41. The predicted molar refractivity (Wildman–Crippen MR) is 283 cm³/mol. The van der Waals surface area contributed by atoms with E-state index in [-0.39, 0.29) is 0 Å². The van der Waals surface area contributed by atoms with Gasteiger partial charge in [-0.05, 0) is 150 Å². The van der Waals surface area contributed by atoms with Crippen molar-refractivity contribution in [1.82, 2.24) is 0 Å². The van der Waals surface area contributed by atoms with E-state index in [1.807, 2.05) is 0 Å². The lowest BCUT2D eigenvalue weighted by Gasteiger charge is -2.31. The van der Waals surface area contributed by atoms with Crippen LogP contribution in [0.15, 0.2) is 243 Å². The van der Waals surface area contributed by atoms with Crippen LogP contribution in [0.2, 0.25) is 0 Å². The molecule has 0 aliphatic heterocycles. The quantitative estimate of drug-likeness (QED) is 0.136. The molecule has 0 saturated heterocycles. The Balaban J connectivity index is 1.15. The van der Waals surface area contributed by atoms with Crippen molar-refractivity contribution >= 4 is 83.5 Å². The van der Waals surface area contributed by atoms with Gasteiger partial charge in [0.15, 0.2) is 0 Å². The van der Waals surface area contributed by atoms with Gasteiger partial charge in [-0.3, -0.25) is 0 Å². The molecule has 0 heterocycles. The molecular formula is C63H49N3. The molecule has 0 aliphatic carbocycles. The average Bonchev–Trinajstić information content (AvgIpc) is 3.38. The first-order valence-corrected chi connectivity index (χ1v) is 22.8. The molecule has 0 atom stereocenters. The Hall–Kier alpha value is -8.40. The maximum atomic E-state index is 2.43. The minimum absolute atomic E-state index is 1.06. The minimum Gasteiger partial charge on any atom is -0.310 e. The van der Waals surface area contributed by atoms with E-state index in [4.69, 9.17) is 0 Å². The Kier molecular flexibility index (Phi) is 10.6. The number of benzene rings is 11. The minimum atomic E-state index is 1.06. The van der Waals surface area contributed by atoms with Gasteiger partial charge in [0.25, 0.3) is 0 Å². The highest BCUT2D eigenvalue weighted by Crippen LogP contribution is 2.47. The van der Waals surface area contributed by atoms with Crippen LogP contribution in [0, 0.1) is 20.8 Å². The zero-order valence-corrected chi connectivity index (χ0v) is 37.4. The molecule has 0 N–H and O–H groups in total. The molecule has 0 unspecified atom stereocenters. The zero-order chi connectivity index (χ0) is 44.6. The van der Waals surface area contributed by atoms with E-state index in [1.165, 1.54) is 49.0 Å². The lowest BCUT2D eigenvalue weighted by atomic mass is 9.98. The van der Waals surface area contributed by atoms with Gasteiger partial charge in [-0.1, -0.05) is 158 Å². The summed E-state index contributed by atoms with van der Waals surface area (Å²) in [4.78, 5) is 7.24. The first-order valence-electron chi connectivity index (χ1n) is 22.8. The van der Waals surface area contributed by atoms with Crippen molar-refractivity contribution in [1.29, 1.82) is 0 Å². The molecule has 0 aromatic heterocycles. The molecule has 0 fully saturated rings. The van der Waals surface area contributed by atoms with Crippen LogP contribution in [-0.2, 0) is 0 Å². The van der Waals surface area contributed by atoms with Gasteiger partial charge in [0.2, 0.25) is 0 Å². The molecule has 11 rings (SSSR count). The standard InChI is InChI=1S/C63H49N3/c1-44-31-38-61(58-28-16-13-25-55(44)58)64(49-19-7-4-8-20-49)52-36-34-47(35-37-52)48-41-53(65(50-21-9-5-10-22-50)62-39-32-45(2)56-26-14-17-29-59(56)62)43-54(42-48)66(51-23-11-6-12-24-51)63-40-33-46(3)57-27-15-18-30-60(57)63/h4-43H,1-3H3. The highest BCUT2D eigenvalue weighted by atomic mass is 15.2. The van der Waals surface area contributed by atoms with Crippen molar-refractivity contribution in [3.05, 3.63) is 259 Å². The maximum absolute atomic E-state index is 2.43. The summed E-state index contributed by atoms with van der Waals surface area (Å²) in [6.45, 7) is 6.59. The monoisotopic (exact) mass is 847 g/mol. The van der Waals surface area contributed by atoms with Gasteiger partial charge >= 0.3 is 0 Å². The molecule has 3 heteroatoms. The second-order valence-electron chi connectivity index (χ2n) is 17.1. The first kappa shape index (κ1) is 40.4. The van der Waals surface area contributed by atoms with Gasteiger partial charge in [0.1, 0.15) is 0 Å². The number of nitrogens with zero attached hydrogens (tertiary/aromatic N) is 3. The summed E-state index contributed by atoms with van der Waals surface area (Å²) < 4.78 is 0. The van der Waals surface area contributed by atoms with Gasteiger partial charge in [-0.2, -0.15) is 0 Å². The molecule has 11 aromatic carbocycles. The summed E-state index contributed by atoms with van der Waals surface area (Å²) in [6.07, 6.45) is 0. The molecule has 0 amide bonds. The topological polar surface area (TPSA) is 9.72 Å². The van der Waals surface area contributed by atoms with Gasteiger partial charge in [-0.25, -0.2) is 0 Å². The lowest BCUT2D eigenvalue weighted by Crippen LogP contribution is -2.14. The number of para-hydroxylation sites is 3. The SMILES string of the molecule is Cc1ccc(N(c2ccccc2)c2ccc(-c3cc(N(c4ccccc4)c4ccc(C)c5ccccc45)cc(N(c4ccccc4)c4ccc(C)c5ccccc45)c3)cc2)c2ccccc12. The molecule has 11 aromatic rings. The van der Waals surface area contributed by atoms with Crippen LogP contribution in [0.1, 0.15) is 16.7 Å². The molecule has 0 aliphatic rings. The van der Waals surface area contributed by atoms with Gasteiger partial charge < -0.3 is 14.7 Å². The van der Waals surface area contributed by atoms with Crippen molar-refractivity contribution in [2.75, 3.05) is 14.7 Å². The van der Waals surface area contributed by atoms with Crippen molar-refractivity contribution in [2.24, 2.45) is 0 Å². The summed E-state index contributed by atoms with van der Waals surface area (Å²) in [5.74, 6) is 0. The third-order valence-corrected chi connectivity index (χ3v) is 13.0. The van der Waals surface area contributed by atoms with Gasteiger partial charge in [-0.15, -0.1) is 0 Å². The van der Waals surface area contributed by atoms with Crippen LogP contribution in [0.25, 0.3) is 43.4 Å². The van der Waals surface area contributed by atoms with Crippen molar-refractivity contribution in [3.63, 3.8) is 0 Å². The van der Waals surface area contributed by atoms with E-state index in [0.29, 0.717) is 0 Å². The molecule has 316 valence electrons. The summed E-state index contributed by atoms with van der Waals surface area (Å²) in [5.41, 5.74) is 15.9. The highest BCUT2D eigenvalue weighted by Gasteiger charge is 2.23. The normalized spacial score (nSPS) is 11.3. The fourth-order valence-corrected chi connectivity index (χ4v) is 9.72. The van der Waals surface area contributed by atoms with Crippen LogP contribution in [0.3, 0.4) is 0 Å². The van der Waals surface area contributed by atoms with Gasteiger partial charge in [0, 0.05) is 50.3 Å². The Morgan fingerprint density at radius 2 is 0.500 bits per heavy atom.